The van der Waals surface area contributed by atoms with Gasteiger partial charge in [0.05, 0.1) is 0 Å². The van der Waals surface area contributed by atoms with Crippen LogP contribution >= 0.6 is 0 Å². The van der Waals surface area contributed by atoms with Gasteiger partial charge in [-0.15, -0.1) is 0 Å². The van der Waals surface area contributed by atoms with E-state index in [9.17, 15) is 0 Å². The number of benzene rings is 2. The van der Waals surface area contributed by atoms with E-state index in [2.05, 4.69) is 57.8 Å². The van der Waals surface area contributed by atoms with Crippen LogP contribution in [-0.4, -0.2) is 45.2 Å². The lowest BCUT2D eigenvalue weighted by Gasteiger charge is -2.16. The van der Waals surface area contributed by atoms with Gasteiger partial charge in [-0.1, -0.05) is 49.4 Å². The first-order valence-corrected chi connectivity index (χ1v) is 9.50. The van der Waals surface area contributed by atoms with Crippen molar-refractivity contribution in [2.24, 2.45) is 4.99 Å². The van der Waals surface area contributed by atoms with Crippen molar-refractivity contribution in [3.8, 4) is 5.75 Å². The maximum absolute atomic E-state index is 5.93. The van der Waals surface area contributed by atoms with Gasteiger partial charge < -0.3 is 20.3 Å². The summed E-state index contributed by atoms with van der Waals surface area (Å²) in [4.78, 5) is 6.45. The lowest BCUT2D eigenvalue weighted by atomic mass is 10.1. The van der Waals surface area contributed by atoms with Gasteiger partial charge >= 0.3 is 0 Å². The number of hydrogen-bond acceptors (Lipinski definition) is 3. The van der Waals surface area contributed by atoms with Crippen molar-refractivity contribution < 1.29 is 4.74 Å². The summed E-state index contributed by atoms with van der Waals surface area (Å²) in [6.07, 6.45) is 1.03. The van der Waals surface area contributed by atoms with E-state index < -0.39 is 0 Å². The molecule has 0 bridgehead atoms. The van der Waals surface area contributed by atoms with E-state index in [-0.39, 0.29) is 0 Å². The van der Waals surface area contributed by atoms with Crippen LogP contribution in [0.1, 0.15) is 23.6 Å². The van der Waals surface area contributed by atoms with E-state index in [0.29, 0.717) is 13.2 Å². The zero-order chi connectivity index (χ0) is 19.5. The molecule has 0 saturated carbocycles. The lowest BCUT2D eigenvalue weighted by molar-refractivity contribution is 0.259. The van der Waals surface area contributed by atoms with Gasteiger partial charge in [0.25, 0.3) is 0 Å². The van der Waals surface area contributed by atoms with Gasteiger partial charge in [-0.25, -0.2) is 0 Å². The molecule has 0 aliphatic rings. The predicted molar refractivity (Wildman–Crippen MR) is 113 cm³/mol. The van der Waals surface area contributed by atoms with E-state index in [1.54, 1.807) is 7.05 Å². The van der Waals surface area contributed by atoms with Crippen LogP contribution in [0.3, 0.4) is 0 Å². The van der Waals surface area contributed by atoms with Gasteiger partial charge in [0, 0.05) is 32.2 Å². The monoisotopic (exact) mass is 368 g/mol. The third kappa shape index (κ3) is 6.94. The molecule has 0 fully saturated rings. The molecule has 0 amide bonds. The average Bonchev–Trinajstić information content (AvgIpc) is 2.69. The third-order valence-electron chi connectivity index (χ3n) is 4.38. The van der Waals surface area contributed by atoms with Crippen LogP contribution in [0, 0.1) is 0 Å². The summed E-state index contributed by atoms with van der Waals surface area (Å²) in [5.74, 6) is 1.70. The summed E-state index contributed by atoms with van der Waals surface area (Å²) in [6.45, 7) is 5.16. The Kier molecular flexibility index (Phi) is 8.65. The first-order chi connectivity index (χ1) is 13.1. The summed E-state index contributed by atoms with van der Waals surface area (Å²) in [7, 11) is 5.88. The number of nitrogens with zero attached hydrogens (tertiary/aromatic N) is 2. The fourth-order valence-corrected chi connectivity index (χ4v) is 2.78. The minimum absolute atomic E-state index is 0.660. The lowest BCUT2D eigenvalue weighted by Crippen LogP contribution is -2.36. The molecule has 0 aromatic heterocycles. The highest BCUT2D eigenvalue weighted by atomic mass is 16.5. The largest absolute Gasteiger partial charge is 0.492 e. The summed E-state index contributed by atoms with van der Waals surface area (Å²) >= 11 is 0. The Labute approximate surface area is 163 Å². The zero-order valence-corrected chi connectivity index (χ0v) is 17.0. The van der Waals surface area contributed by atoms with Crippen molar-refractivity contribution in [2.45, 2.75) is 26.4 Å². The molecule has 0 heterocycles. The van der Waals surface area contributed by atoms with E-state index >= 15 is 0 Å². The molecule has 0 atom stereocenters. The van der Waals surface area contributed by atoms with Crippen molar-refractivity contribution in [3.05, 3.63) is 65.2 Å². The van der Waals surface area contributed by atoms with Crippen molar-refractivity contribution in [3.63, 3.8) is 0 Å². The zero-order valence-electron chi connectivity index (χ0n) is 17.0. The van der Waals surface area contributed by atoms with Crippen molar-refractivity contribution >= 4 is 5.96 Å². The number of aliphatic imine (C=N–C) groups is 1. The number of para-hydroxylation sites is 1. The van der Waals surface area contributed by atoms with E-state index in [4.69, 9.17) is 4.74 Å². The van der Waals surface area contributed by atoms with Crippen LogP contribution < -0.4 is 15.4 Å². The summed E-state index contributed by atoms with van der Waals surface area (Å²) < 4.78 is 5.93. The van der Waals surface area contributed by atoms with Crippen LogP contribution in [0.4, 0.5) is 0 Å². The van der Waals surface area contributed by atoms with Crippen molar-refractivity contribution in [2.75, 3.05) is 34.3 Å². The highest BCUT2D eigenvalue weighted by Gasteiger charge is 2.06. The molecule has 5 nitrogen and oxygen atoms in total. The molecule has 0 spiro atoms. The van der Waals surface area contributed by atoms with Crippen LogP contribution in [-0.2, 0) is 19.5 Å². The molecule has 0 unspecified atom stereocenters. The van der Waals surface area contributed by atoms with E-state index in [1.807, 2.05) is 32.3 Å². The SMILES string of the molecule is CCc1ccccc1CNC(=NC)NCc1ccccc1OCCN(C)C. The number of aryl methyl sites for hydroxylation is 1. The van der Waals surface area contributed by atoms with E-state index in [1.165, 1.54) is 11.1 Å². The van der Waals surface area contributed by atoms with E-state index in [0.717, 1.165) is 36.8 Å². The Hall–Kier alpha value is -2.53. The number of ether oxygens (including phenoxy) is 1. The standard InChI is InChI=1S/C22H32N4O/c1-5-18-10-6-7-11-19(18)16-24-22(23-2)25-17-20-12-8-9-13-21(20)27-15-14-26(3)4/h6-13H,5,14-17H2,1-4H3,(H2,23,24,25). The molecule has 0 saturated heterocycles. The fourth-order valence-electron chi connectivity index (χ4n) is 2.78. The maximum atomic E-state index is 5.93. The van der Waals surface area contributed by atoms with Crippen LogP contribution in [0.2, 0.25) is 0 Å². The Balaban J connectivity index is 1.90. The third-order valence-corrected chi connectivity index (χ3v) is 4.38. The molecule has 5 heteroatoms. The molecule has 2 aromatic carbocycles. The molecule has 0 aliphatic heterocycles. The molecule has 2 N–H and O–H groups in total. The second-order valence-electron chi connectivity index (χ2n) is 6.66. The van der Waals surface area contributed by atoms with Gasteiger partial charge in [-0.2, -0.15) is 0 Å². The summed E-state index contributed by atoms with van der Waals surface area (Å²) in [6, 6.07) is 16.6. The van der Waals surface area contributed by atoms with Gasteiger partial charge in [0.15, 0.2) is 5.96 Å². The number of hydrogen-bond donors (Lipinski definition) is 2. The Morgan fingerprint density at radius 2 is 1.52 bits per heavy atom. The number of rotatable bonds is 9. The first-order valence-electron chi connectivity index (χ1n) is 9.50. The molecular formula is C22H32N4O. The minimum Gasteiger partial charge on any atom is -0.492 e. The highest BCUT2D eigenvalue weighted by Crippen LogP contribution is 2.17. The molecular weight excluding hydrogens is 336 g/mol. The summed E-state index contributed by atoms with van der Waals surface area (Å²) in [5, 5.41) is 6.78. The molecule has 27 heavy (non-hydrogen) atoms. The Morgan fingerprint density at radius 1 is 0.926 bits per heavy atom. The number of guanidine groups is 1. The fraction of sp³-hybridized carbons (Fsp3) is 0.409. The molecule has 2 aromatic rings. The first kappa shape index (κ1) is 20.8. The topological polar surface area (TPSA) is 48.9 Å². The maximum Gasteiger partial charge on any atom is 0.191 e. The van der Waals surface area contributed by atoms with Gasteiger partial charge in [0.1, 0.15) is 12.4 Å². The normalized spacial score (nSPS) is 11.5. The molecule has 0 radical (unpaired) electrons. The van der Waals surface area contributed by atoms with Gasteiger partial charge in [0.2, 0.25) is 0 Å². The quantitative estimate of drug-likeness (QED) is 0.528. The second kappa shape index (κ2) is 11.2. The predicted octanol–water partition coefficient (Wildman–Crippen LogP) is 3.05. The van der Waals surface area contributed by atoms with Crippen molar-refractivity contribution in [1.82, 2.24) is 15.5 Å². The smallest absolute Gasteiger partial charge is 0.191 e. The molecule has 2 rings (SSSR count). The van der Waals surface area contributed by atoms with Crippen LogP contribution in [0.15, 0.2) is 53.5 Å². The van der Waals surface area contributed by atoms with Gasteiger partial charge in [-0.05, 0) is 37.7 Å². The van der Waals surface area contributed by atoms with Gasteiger partial charge in [-0.3, -0.25) is 4.99 Å². The highest BCUT2D eigenvalue weighted by molar-refractivity contribution is 5.79. The minimum atomic E-state index is 0.660. The summed E-state index contributed by atoms with van der Waals surface area (Å²) in [5.41, 5.74) is 3.78. The molecule has 0 aliphatic carbocycles. The molecule has 146 valence electrons. The number of likely N-dealkylation sites (N-methyl/N-ethyl adjacent to an activating group) is 1. The second-order valence-corrected chi connectivity index (χ2v) is 6.66. The van der Waals surface area contributed by atoms with Crippen molar-refractivity contribution in [1.29, 1.82) is 0 Å². The van der Waals surface area contributed by atoms with Crippen LogP contribution in [0.5, 0.6) is 5.75 Å². The Bertz CT molecular complexity index is 728. The Morgan fingerprint density at radius 3 is 2.15 bits per heavy atom. The van der Waals surface area contributed by atoms with Crippen LogP contribution in [0.25, 0.3) is 0 Å². The average molecular weight is 369 g/mol. The number of nitrogens with one attached hydrogen (secondary N) is 2.